The first-order valence-corrected chi connectivity index (χ1v) is 11.6. The summed E-state index contributed by atoms with van der Waals surface area (Å²) in [5.41, 5.74) is 16.1. The number of para-hydroxylation sites is 2. The molecular formula is C25H27N9O2. The van der Waals surface area contributed by atoms with Crippen molar-refractivity contribution in [3.63, 3.8) is 0 Å². The highest BCUT2D eigenvalue weighted by Gasteiger charge is 2.25. The van der Waals surface area contributed by atoms with Crippen LogP contribution in [-0.2, 0) is 4.79 Å². The van der Waals surface area contributed by atoms with Gasteiger partial charge in [-0.2, -0.15) is 10.1 Å². The summed E-state index contributed by atoms with van der Waals surface area (Å²) in [6, 6.07) is 14.9. The fourth-order valence-electron chi connectivity index (χ4n) is 4.16. The van der Waals surface area contributed by atoms with Gasteiger partial charge in [0, 0.05) is 11.3 Å². The van der Waals surface area contributed by atoms with E-state index in [1.54, 1.807) is 4.68 Å². The molecule has 0 spiro atoms. The molecule has 3 aromatic heterocycles. The van der Waals surface area contributed by atoms with Gasteiger partial charge in [0.05, 0.1) is 5.39 Å². The molecule has 1 amide bonds. The van der Waals surface area contributed by atoms with Crippen LogP contribution in [0.25, 0.3) is 33.4 Å². The van der Waals surface area contributed by atoms with E-state index in [4.69, 9.17) is 21.0 Å². The molecule has 0 saturated heterocycles. The number of carbonyl (C=O) groups excluding carboxylic acids is 1. The van der Waals surface area contributed by atoms with Crippen LogP contribution in [0.15, 0.2) is 59.3 Å². The van der Waals surface area contributed by atoms with Crippen LogP contribution in [0, 0.1) is 0 Å². The largest absolute Gasteiger partial charge is 0.423 e. The first-order valence-electron chi connectivity index (χ1n) is 11.6. The molecule has 5 aromatic rings. The van der Waals surface area contributed by atoms with E-state index >= 15 is 0 Å². The van der Waals surface area contributed by atoms with Gasteiger partial charge in [0.1, 0.15) is 29.4 Å². The van der Waals surface area contributed by atoms with E-state index < -0.39 is 11.9 Å². The molecule has 0 fully saturated rings. The summed E-state index contributed by atoms with van der Waals surface area (Å²) in [6.07, 6.45) is 2.67. The third-order valence-corrected chi connectivity index (χ3v) is 5.93. The van der Waals surface area contributed by atoms with E-state index in [-0.39, 0.29) is 5.82 Å². The highest BCUT2D eigenvalue weighted by atomic mass is 16.4. The molecule has 1 atom stereocenters. The van der Waals surface area contributed by atoms with Gasteiger partial charge in [0.15, 0.2) is 11.2 Å². The minimum absolute atomic E-state index is 0.284. The van der Waals surface area contributed by atoms with Crippen molar-refractivity contribution >= 4 is 45.6 Å². The number of amides is 1. The van der Waals surface area contributed by atoms with E-state index in [1.165, 1.54) is 6.33 Å². The molecule has 5 N–H and O–H groups in total. The summed E-state index contributed by atoms with van der Waals surface area (Å²) < 4.78 is 7.32. The lowest BCUT2D eigenvalue weighted by Gasteiger charge is -2.16. The van der Waals surface area contributed by atoms with E-state index in [1.807, 2.05) is 62.6 Å². The van der Waals surface area contributed by atoms with Gasteiger partial charge in [-0.05, 0) is 57.7 Å². The molecule has 0 aliphatic heterocycles. The first-order chi connectivity index (χ1) is 17.4. The van der Waals surface area contributed by atoms with Crippen molar-refractivity contribution in [2.75, 3.05) is 31.7 Å². The average molecular weight is 486 g/mol. The third kappa shape index (κ3) is 4.56. The van der Waals surface area contributed by atoms with Crippen molar-refractivity contribution in [1.29, 1.82) is 0 Å². The van der Waals surface area contributed by atoms with E-state index in [0.717, 1.165) is 29.7 Å². The van der Waals surface area contributed by atoms with Crippen molar-refractivity contribution in [3.8, 4) is 11.3 Å². The highest BCUT2D eigenvalue weighted by molar-refractivity contribution is 5.99. The van der Waals surface area contributed by atoms with Gasteiger partial charge in [-0.1, -0.05) is 24.3 Å². The Balaban J connectivity index is 1.47. The number of nitrogen functional groups attached to an aromatic ring is 1. The van der Waals surface area contributed by atoms with E-state index in [0.29, 0.717) is 34.7 Å². The van der Waals surface area contributed by atoms with Crippen LogP contribution >= 0.6 is 0 Å². The second kappa shape index (κ2) is 9.62. The molecule has 2 aromatic carbocycles. The maximum Gasteiger partial charge on any atom is 0.300 e. The Morgan fingerprint density at radius 1 is 1.14 bits per heavy atom. The monoisotopic (exact) mass is 485 g/mol. The van der Waals surface area contributed by atoms with Crippen molar-refractivity contribution < 1.29 is 9.21 Å². The number of anilines is 3. The SMILES string of the molecule is CN(C)CCCC(C(N)=O)n1nc(-c2ccc(Nc3nc4ccccc4o3)cc2)c2c(N)ncnc21. The van der Waals surface area contributed by atoms with Gasteiger partial charge in [-0.3, -0.25) is 4.79 Å². The van der Waals surface area contributed by atoms with Crippen molar-refractivity contribution in [2.24, 2.45) is 5.73 Å². The zero-order chi connectivity index (χ0) is 25.2. The molecule has 0 aliphatic rings. The lowest BCUT2D eigenvalue weighted by molar-refractivity contribution is -0.121. The summed E-state index contributed by atoms with van der Waals surface area (Å²) in [4.78, 5) is 27.4. The molecule has 5 rings (SSSR count). The third-order valence-electron chi connectivity index (χ3n) is 5.93. The maximum absolute atomic E-state index is 12.4. The predicted molar refractivity (Wildman–Crippen MR) is 138 cm³/mol. The number of primary amides is 1. The molecule has 184 valence electrons. The molecule has 36 heavy (non-hydrogen) atoms. The van der Waals surface area contributed by atoms with Gasteiger partial charge in [-0.25, -0.2) is 14.6 Å². The Morgan fingerprint density at radius 3 is 2.64 bits per heavy atom. The van der Waals surface area contributed by atoms with Gasteiger partial charge >= 0.3 is 0 Å². The second-order valence-corrected chi connectivity index (χ2v) is 8.80. The van der Waals surface area contributed by atoms with E-state index in [9.17, 15) is 4.79 Å². The zero-order valence-electron chi connectivity index (χ0n) is 20.0. The molecule has 11 heteroatoms. The summed E-state index contributed by atoms with van der Waals surface area (Å²) in [5.74, 6) is -0.189. The van der Waals surface area contributed by atoms with Crippen LogP contribution < -0.4 is 16.8 Å². The molecule has 1 unspecified atom stereocenters. The topological polar surface area (TPSA) is 154 Å². The number of nitrogens with two attached hydrogens (primary N) is 2. The smallest absolute Gasteiger partial charge is 0.300 e. The number of rotatable bonds is 9. The van der Waals surface area contributed by atoms with Crippen molar-refractivity contribution in [1.82, 2.24) is 29.6 Å². The average Bonchev–Trinajstić information content (AvgIpc) is 3.44. The number of aromatic nitrogens is 5. The summed E-state index contributed by atoms with van der Waals surface area (Å²) in [5, 5.41) is 8.50. The van der Waals surface area contributed by atoms with Gasteiger partial charge in [-0.15, -0.1) is 0 Å². The summed E-state index contributed by atoms with van der Waals surface area (Å²) in [7, 11) is 3.97. The number of nitrogens with one attached hydrogen (secondary N) is 1. The van der Waals surface area contributed by atoms with Crippen molar-refractivity contribution in [3.05, 3.63) is 54.9 Å². The van der Waals surface area contributed by atoms with Gasteiger partial charge in [0.25, 0.3) is 6.01 Å². The summed E-state index contributed by atoms with van der Waals surface area (Å²) >= 11 is 0. The lowest BCUT2D eigenvalue weighted by Crippen LogP contribution is -2.28. The van der Waals surface area contributed by atoms with E-state index in [2.05, 4.69) is 25.2 Å². The number of carbonyl (C=O) groups is 1. The fourth-order valence-corrected chi connectivity index (χ4v) is 4.16. The minimum atomic E-state index is -0.657. The Hall–Kier alpha value is -4.51. The molecule has 11 nitrogen and oxygen atoms in total. The van der Waals surface area contributed by atoms with Gasteiger partial charge in [0.2, 0.25) is 5.91 Å². The molecule has 0 radical (unpaired) electrons. The number of nitrogens with zero attached hydrogens (tertiary/aromatic N) is 6. The number of hydrogen-bond donors (Lipinski definition) is 3. The lowest BCUT2D eigenvalue weighted by atomic mass is 10.1. The Kier molecular flexibility index (Phi) is 6.21. The van der Waals surface area contributed by atoms with Crippen LogP contribution in [0.2, 0.25) is 0 Å². The minimum Gasteiger partial charge on any atom is -0.423 e. The molecule has 0 saturated carbocycles. The predicted octanol–water partition coefficient (Wildman–Crippen LogP) is 3.33. The van der Waals surface area contributed by atoms with Crippen molar-refractivity contribution in [2.45, 2.75) is 18.9 Å². The molecular weight excluding hydrogens is 458 g/mol. The standard InChI is InChI=1S/C25H27N9O2/c1-33(2)13-5-7-18(23(27)35)34-24-20(22(26)28-14-29-24)21(32-34)15-9-11-16(12-10-15)30-25-31-17-6-3-4-8-19(17)36-25/h3-4,6,8-12,14,18H,5,7,13H2,1-2H3,(H2,27,35)(H,30,31)(H2,26,28,29). The highest BCUT2D eigenvalue weighted by Crippen LogP contribution is 2.33. The zero-order valence-corrected chi connectivity index (χ0v) is 20.0. The number of hydrogen-bond acceptors (Lipinski definition) is 9. The van der Waals surface area contributed by atoms with Crippen LogP contribution in [0.5, 0.6) is 0 Å². The Labute approximate surface area is 207 Å². The van der Waals surface area contributed by atoms with Gasteiger partial charge < -0.3 is 26.1 Å². The molecule has 0 aliphatic carbocycles. The van der Waals surface area contributed by atoms with Crippen LogP contribution in [-0.4, -0.2) is 56.2 Å². The normalized spacial score (nSPS) is 12.4. The van der Waals surface area contributed by atoms with Crippen LogP contribution in [0.4, 0.5) is 17.5 Å². The second-order valence-electron chi connectivity index (χ2n) is 8.80. The fraction of sp³-hybridized carbons (Fsp3) is 0.240. The summed E-state index contributed by atoms with van der Waals surface area (Å²) in [6.45, 7) is 0.821. The number of oxazole rings is 1. The van der Waals surface area contributed by atoms with Crippen LogP contribution in [0.3, 0.4) is 0 Å². The maximum atomic E-state index is 12.4. The number of benzene rings is 2. The Morgan fingerprint density at radius 2 is 1.92 bits per heavy atom. The first kappa shape index (κ1) is 23.2. The number of fused-ring (bicyclic) bond motifs is 2. The molecule has 0 bridgehead atoms. The quantitative estimate of drug-likeness (QED) is 0.285. The van der Waals surface area contributed by atoms with Crippen LogP contribution in [0.1, 0.15) is 18.9 Å². The molecule has 3 heterocycles. The Bertz CT molecular complexity index is 1490.